The van der Waals surface area contributed by atoms with E-state index in [-0.39, 0.29) is 17.3 Å². The fraction of sp³-hybridized carbons (Fsp3) is 0.222. The number of methoxy groups -OCH3 is 2. The topological polar surface area (TPSA) is 52.6 Å². The molecule has 2 aromatic rings. The molecule has 0 N–H and O–H groups in total. The van der Waals surface area contributed by atoms with Gasteiger partial charge in [0.05, 0.1) is 30.7 Å². The van der Waals surface area contributed by atoms with Crippen LogP contribution in [0.15, 0.2) is 42.5 Å². The maximum atomic E-state index is 11.5. The van der Waals surface area contributed by atoms with Crippen LogP contribution in [0.4, 0.5) is 0 Å². The number of aryl methyl sites for hydroxylation is 1. The van der Waals surface area contributed by atoms with Crippen molar-refractivity contribution < 1.29 is 19.1 Å². The number of esters is 2. The predicted octanol–water partition coefficient (Wildman–Crippen LogP) is 3.90. The van der Waals surface area contributed by atoms with Crippen LogP contribution in [0.25, 0.3) is 0 Å². The van der Waals surface area contributed by atoms with Crippen LogP contribution >= 0.6 is 11.6 Å². The maximum Gasteiger partial charge on any atom is 0.337 e. The molecule has 0 aliphatic heterocycles. The van der Waals surface area contributed by atoms with Gasteiger partial charge in [-0.3, -0.25) is 0 Å². The fourth-order valence-electron chi connectivity index (χ4n) is 2.29. The average Bonchev–Trinajstić information content (AvgIpc) is 2.59. The van der Waals surface area contributed by atoms with E-state index in [1.807, 2.05) is 13.0 Å². The van der Waals surface area contributed by atoms with Gasteiger partial charge in [-0.2, -0.15) is 0 Å². The first-order chi connectivity index (χ1) is 11.0. The minimum absolute atomic E-state index is 0.381. The molecule has 0 aliphatic rings. The van der Waals surface area contributed by atoms with Crippen LogP contribution in [0, 0.1) is 6.92 Å². The Labute approximate surface area is 140 Å². The van der Waals surface area contributed by atoms with E-state index in [0.29, 0.717) is 11.1 Å². The number of carbonyl (C=O) groups is 2. The average molecular weight is 333 g/mol. The molecule has 1 atom stereocenters. The number of ether oxygens (including phenoxy) is 2. The number of alkyl halides is 1. The Morgan fingerprint density at radius 2 is 1.43 bits per heavy atom. The van der Waals surface area contributed by atoms with Gasteiger partial charge in [-0.25, -0.2) is 9.59 Å². The van der Waals surface area contributed by atoms with Crippen LogP contribution in [0.5, 0.6) is 0 Å². The largest absolute Gasteiger partial charge is 0.465 e. The summed E-state index contributed by atoms with van der Waals surface area (Å²) < 4.78 is 9.38. The quantitative estimate of drug-likeness (QED) is 0.629. The normalized spacial score (nSPS) is 11.7. The third kappa shape index (κ3) is 3.71. The van der Waals surface area contributed by atoms with Crippen LogP contribution < -0.4 is 0 Å². The van der Waals surface area contributed by atoms with E-state index >= 15 is 0 Å². The third-order valence-corrected chi connectivity index (χ3v) is 4.08. The third-order valence-electron chi connectivity index (χ3n) is 3.59. The Balaban J connectivity index is 2.28. The van der Waals surface area contributed by atoms with Crippen molar-refractivity contribution >= 4 is 23.5 Å². The molecular weight excluding hydrogens is 316 g/mol. The molecule has 2 aromatic carbocycles. The Morgan fingerprint density at radius 1 is 0.913 bits per heavy atom. The van der Waals surface area contributed by atoms with Gasteiger partial charge in [-0.15, -0.1) is 11.6 Å². The van der Waals surface area contributed by atoms with Crippen molar-refractivity contribution in [3.05, 3.63) is 70.3 Å². The Morgan fingerprint density at radius 3 is 1.96 bits per heavy atom. The van der Waals surface area contributed by atoms with Gasteiger partial charge in [0.2, 0.25) is 0 Å². The minimum Gasteiger partial charge on any atom is -0.465 e. The molecular formula is C18H17ClO4. The summed E-state index contributed by atoms with van der Waals surface area (Å²) in [4.78, 5) is 23.0. The van der Waals surface area contributed by atoms with E-state index < -0.39 is 0 Å². The van der Waals surface area contributed by atoms with Gasteiger partial charge in [0, 0.05) is 0 Å². The van der Waals surface area contributed by atoms with E-state index in [1.165, 1.54) is 14.2 Å². The molecule has 0 bridgehead atoms. The van der Waals surface area contributed by atoms with Crippen LogP contribution in [0.1, 0.15) is 42.8 Å². The molecule has 0 amide bonds. The monoisotopic (exact) mass is 332 g/mol. The van der Waals surface area contributed by atoms with E-state index in [9.17, 15) is 9.59 Å². The lowest BCUT2D eigenvalue weighted by Crippen LogP contribution is -2.04. The molecule has 0 aromatic heterocycles. The predicted molar refractivity (Wildman–Crippen MR) is 88.0 cm³/mol. The van der Waals surface area contributed by atoms with Crippen molar-refractivity contribution in [2.24, 2.45) is 0 Å². The summed E-state index contributed by atoms with van der Waals surface area (Å²) in [6, 6.07) is 12.2. The SMILES string of the molecule is COC(=O)c1ccc(C(Cl)c2ccc(C(=O)OC)cc2C)cc1. The highest BCUT2D eigenvalue weighted by atomic mass is 35.5. The molecule has 0 spiro atoms. The van der Waals surface area contributed by atoms with Gasteiger partial charge in [0.25, 0.3) is 0 Å². The van der Waals surface area contributed by atoms with Gasteiger partial charge in [0.15, 0.2) is 0 Å². The number of carbonyl (C=O) groups excluding carboxylic acids is 2. The van der Waals surface area contributed by atoms with Gasteiger partial charge in [-0.1, -0.05) is 18.2 Å². The van der Waals surface area contributed by atoms with Crippen molar-refractivity contribution in [1.29, 1.82) is 0 Å². The second-order valence-electron chi connectivity index (χ2n) is 5.04. The van der Waals surface area contributed by atoms with Gasteiger partial charge >= 0.3 is 11.9 Å². The van der Waals surface area contributed by atoms with Gasteiger partial charge in [-0.05, 0) is 47.9 Å². The van der Waals surface area contributed by atoms with Crippen molar-refractivity contribution in [3.63, 3.8) is 0 Å². The van der Waals surface area contributed by atoms with Crippen molar-refractivity contribution in [2.75, 3.05) is 14.2 Å². The lowest BCUT2D eigenvalue weighted by molar-refractivity contribution is 0.0592. The zero-order chi connectivity index (χ0) is 17.0. The van der Waals surface area contributed by atoms with Crippen molar-refractivity contribution in [2.45, 2.75) is 12.3 Å². The molecule has 2 rings (SSSR count). The van der Waals surface area contributed by atoms with E-state index in [4.69, 9.17) is 16.3 Å². The molecule has 0 radical (unpaired) electrons. The highest BCUT2D eigenvalue weighted by Gasteiger charge is 2.16. The van der Waals surface area contributed by atoms with Gasteiger partial charge in [0.1, 0.15) is 0 Å². The molecule has 4 nitrogen and oxygen atoms in total. The molecule has 0 aliphatic carbocycles. The smallest absolute Gasteiger partial charge is 0.337 e. The second kappa shape index (κ2) is 7.29. The molecule has 120 valence electrons. The highest BCUT2D eigenvalue weighted by Crippen LogP contribution is 2.31. The molecule has 0 heterocycles. The molecule has 23 heavy (non-hydrogen) atoms. The van der Waals surface area contributed by atoms with Crippen LogP contribution in [-0.4, -0.2) is 26.2 Å². The standard InChI is InChI=1S/C18H17ClO4/c1-11-10-14(18(21)23-3)8-9-15(11)16(19)12-4-6-13(7-5-12)17(20)22-2/h4-10,16H,1-3H3. The van der Waals surface area contributed by atoms with E-state index in [2.05, 4.69) is 4.74 Å². The van der Waals surface area contributed by atoms with E-state index in [0.717, 1.165) is 16.7 Å². The van der Waals surface area contributed by atoms with Crippen LogP contribution in [0.2, 0.25) is 0 Å². The summed E-state index contributed by atoms with van der Waals surface area (Å²) >= 11 is 6.54. The Bertz CT molecular complexity index is 722. The Kier molecular flexibility index (Phi) is 5.40. The first-order valence-corrected chi connectivity index (χ1v) is 7.42. The lowest BCUT2D eigenvalue weighted by atomic mass is 9.97. The molecule has 0 saturated heterocycles. The summed E-state index contributed by atoms with van der Waals surface area (Å²) in [7, 11) is 2.69. The summed E-state index contributed by atoms with van der Waals surface area (Å²) in [5.74, 6) is -0.769. The summed E-state index contributed by atoms with van der Waals surface area (Å²) in [5.41, 5.74) is 3.60. The van der Waals surface area contributed by atoms with Gasteiger partial charge < -0.3 is 9.47 Å². The summed E-state index contributed by atoms with van der Waals surface area (Å²) in [5, 5.41) is -0.381. The minimum atomic E-state index is -0.388. The van der Waals surface area contributed by atoms with Crippen LogP contribution in [0.3, 0.4) is 0 Å². The molecule has 5 heteroatoms. The number of benzene rings is 2. The summed E-state index contributed by atoms with van der Waals surface area (Å²) in [6.45, 7) is 1.89. The maximum absolute atomic E-state index is 11.5. The first kappa shape index (κ1) is 17.0. The second-order valence-corrected chi connectivity index (χ2v) is 5.48. The summed E-state index contributed by atoms with van der Waals surface area (Å²) in [6.07, 6.45) is 0. The Hall–Kier alpha value is -2.33. The van der Waals surface area contributed by atoms with E-state index in [1.54, 1.807) is 36.4 Å². The number of rotatable bonds is 4. The molecule has 0 saturated carbocycles. The number of halogens is 1. The molecule has 1 unspecified atom stereocenters. The van der Waals surface area contributed by atoms with Crippen LogP contribution in [-0.2, 0) is 9.47 Å². The zero-order valence-corrected chi connectivity index (χ0v) is 13.9. The number of hydrogen-bond donors (Lipinski definition) is 0. The van der Waals surface area contributed by atoms with Crippen molar-refractivity contribution in [1.82, 2.24) is 0 Å². The zero-order valence-electron chi connectivity index (χ0n) is 13.1. The fourth-order valence-corrected chi connectivity index (χ4v) is 2.68. The lowest BCUT2D eigenvalue weighted by Gasteiger charge is -2.14. The molecule has 0 fully saturated rings. The highest BCUT2D eigenvalue weighted by molar-refractivity contribution is 6.22. The number of hydrogen-bond acceptors (Lipinski definition) is 4. The van der Waals surface area contributed by atoms with Crippen molar-refractivity contribution in [3.8, 4) is 0 Å². The first-order valence-electron chi connectivity index (χ1n) is 6.99.